The third-order valence-corrected chi connectivity index (χ3v) is 5.59. The molecule has 30 heavy (non-hydrogen) atoms. The number of unbranched alkanes of at least 4 members (excludes halogenated alkanes) is 1. The lowest BCUT2D eigenvalue weighted by Gasteiger charge is -2.19. The number of hydrogen-bond donors (Lipinski definition) is 3. The molecule has 0 fully saturated rings. The molecule has 0 spiro atoms. The van der Waals surface area contributed by atoms with Crippen LogP contribution in [0, 0.1) is 0 Å². The number of aliphatic hydroxyl groups excluding tert-OH is 1. The first-order valence-electron chi connectivity index (χ1n) is 10.7. The zero-order valence-corrected chi connectivity index (χ0v) is 17.5. The SMILES string of the molecule is COc1ccc([C@H](CC(=O)O)CC(O)CCCCc2ccc3c(n2)NCCC3)cn1. The molecule has 162 valence electrons. The molecular formula is C23H31N3O4. The van der Waals surface area contributed by atoms with Crippen LogP contribution in [0.4, 0.5) is 5.82 Å². The molecule has 7 heteroatoms. The van der Waals surface area contributed by atoms with E-state index in [1.807, 2.05) is 6.07 Å². The summed E-state index contributed by atoms with van der Waals surface area (Å²) in [6, 6.07) is 7.80. The van der Waals surface area contributed by atoms with Gasteiger partial charge in [0.1, 0.15) is 5.82 Å². The van der Waals surface area contributed by atoms with Crippen LogP contribution in [0.2, 0.25) is 0 Å². The molecule has 0 aliphatic carbocycles. The van der Waals surface area contributed by atoms with E-state index in [0.717, 1.165) is 55.7 Å². The number of carbonyl (C=O) groups is 1. The van der Waals surface area contributed by atoms with Crippen LogP contribution in [0.1, 0.15) is 61.3 Å². The van der Waals surface area contributed by atoms with Crippen molar-refractivity contribution in [3.8, 4) is 5.88 Å². The number of aryl methyl sites for hydroxylation is 2. The van der Waals surface area contributed by atoms with Gasteiger partial charge in [-0.25, -0.2) is 9.97 Å². The second-order valence-electron chi connectivity index (χ2n) is 7.90. The van der Waals surface area contributed by atoms with Crippen molar-refractivity contribution >= 4 is 11.8 Å². The van der Waals surface area contributed by atoms with Gasteiger partial charge in [-0.1, -0.05) is 18.6 Å². The van der Waals surface area contributed by atoms with Gasteiger partial charge in [-0.15, -0.1) is 0 Å². The number of pyridine rings is 2. The summed E-state index contributed by atoms with van der Waals surface area (Å²) in [4.78, 5) is 20.1. The smallest absolute Gasteiger partial charge is 0.303 e. The number of anilines is 1. The number of fused-ring (bicyclic) bond motifs is 1. The summed E-state index contributed by atoms with van der Waals surface area (Å²) in [5.74, 6) is 0.349. The molecule has 2 aromatic heterocycles. The Bertz CT molecular complexity index is 826. The van der Waals surface area contributed by atoms with Gasteiger partial charge in [-0.3, -0.25) is 4.79 Å². The fourth-order valence-corrected chi connectivity index (χ4v) is 3.94. The van der Waals surface area contributed by atoms with E-state index in [1.165, 1.54) is 12.7 Å². The van der Waals surface area contributed by atoms with Gasteiger partial charge in [0.25, 0.3) is 0 Å². The van der Waals surface area contributed by atoms with Crippen LogP contribution in [0.5, 0.6) is 5.88 Å². The molecule has 0 aromatic carbocycles. The number of aromatic nitrogens is 2. The van der Waals surface area contributed by atoms with Crippen LogP contribution < -0.4 is 10.1 Å². The number of aliphatic hydroxyl groups is 1. The minimum atomic E-state index is -0.880. The van der Waals surface area contributed by atoms with Crippen LogP contribution in [0.15, 0.2) is 30.5 Å². The molecule has 1 aliphatic heterocycles. The highest BCUT2D eigenvalue weighted by Gasteiger charge is 2.20. The lowest BCUT2D eigenvalue weighted by molar-refractivity contribution is -0.137. The molecule has 2 atom stereocenters. The first-order chi connectivity index (χ1) is 14.5. The average Bonchev–Trinajstić information content (AvgIpc) is 2.76. The van der Waals surface area contributed by atoms with Crippen LogP contribution in [-0.4, -0.2) is 45.9 Å². The van der Waals surface area contributed by atoms with E-state index >= 15 is 0 Å². The van der Waals surface area contributed by atoms with Gasteiger partial charge >= 0.3 is 5.97 Å². The number of hydrogen-bond acceptors (Lipinski definition) is 6. The summed E-state index contributed by atoms with van der Waals surface area (Å²) < 4.78 is 5.06. The fourth-order valence-electron chi connectivity index (χ4n) is 3.94. The van der Waals surface area contributed by atoms with Crippen LogP contribution in [0.25, 0.3) is 0 Å². The van der Waals surface area contributed by atoms with E-state index in [1.54, 1.807) is 12.3 Å². The number of carboxylic acid groups (broad SMARTS) is 1. The van der Waals surface area contributed by atoms with Gasteiger partial charge in [-0.05, 0) is 61.6 Å². The van der Waals surface area contributed by atoms with Crippen LogP contribution >= 0.6 is 0 Å². The van der Waals surface area contributed by atoms with Crippen molar-refractivity contribution in [2.75, 3.05) is 19.0 Å². The fraction of sp³-hybridized carbons (Fsp3) is 0.522. The molecule has 0 saturated carbocycles. The van der Waals surface area contributed by atoms with E-state index in [2.05, 4.69) is 22.4 Å². The van der Waals surface area contributed by atoms with Crippen molar-refractivity contribution in [2.24, 2.45) is 0 Å². The molecule has 7 nitrogen and oxygen atoms in total. The van der Waals surface area contributed by atoms with Crippen molar-refractivity contribution < 1.29 is 19.7 Å². The standard InChI is InChI=1S/C23H31N3O4/c1-30-21-11-9-17(15-25-21)18(14-22(28)29)13-20(27)7-3-2-6-19-10-8-16-5-4-12-24-23(16)26-19/h8-11,15,18,20,27H,2-7,12-14H2,1H3,(H,24,26)(H,28,29)/t18-,20?/m0/s1. The van der Waals surface area contributed by atoms with Crippen molar-refractivity contribution in [3.05, 3.63) is 47.3 Å². The zero-order chi connectivity index (χ0) is 21.3. The Labute approximate surface area is 177 Å². The minimum Gasteiger partial charge on any atom is -0.481 e. The molecule has 0 bridgehead atoms. The number of nitrogens with one attached hydrogen (secondary N) is 1. The second-order valence-corrected chi connectivity index (χ2v) is 7.90. The van der Waals surface area contributed by atoms with Gasteiger partial charge in [0, 0.05) is 24.5 Å². The molecule has 1 aliphatic rings. The highest BCUT2D eigenvalue weighted by Crippen LogP contribution is 2.27. The average molecular weight is 414 g/mol. The largest absolute Gasteiger partial charge is 0.481 e. The van der Waals surface area contributed by atoms with Crippen molar-refractivity contribution in [3.63, 3.8) is 0 Å². The maximum atomic E-state index is 11.3. The highest BCUT2D eigenvalue weighted by atomic mass is 16.5. The van der Waals surface area contributed by atoms with Crippen molar-refractivity contribution in [1.82, 2.24) is 9.97 Å². The van der Waals surface area contributed by atoms with Gasteiger partial charge in [-0.2, -0.15) is 0 Å². The first-order valence-corrected chi connectivity index (χ1v) is 10.7. The number of nitrogens with zero attached hydrogens (tertiary/aromatic N) is 2. The summed E-state index contributed by atoms with van der Waals surface area (Å²) in [5, 5.41) is 23.1. The van der Waals surface area contributed by atoms with E-state index < -0.39 is 12.1 Å². The summed E-state index contributed by atoms with van der Waals surface area (Å²) in [5.41, 5.74) is 3.17. The molecule has 0 radical (unpaired) electrons. The van der Waals surface area contributed by atoms with Crippen LogP contribution in [-0.2, 0) is 17.6 Å². The summed E-state index contributed by atoms with van der Waals surface area (Å²) in [7, 11) is 1.54. The Balaban J connectivity index is 1.46. The first kappa shape index (κ1) is 22.0. The monoisotopic (exact) mass is 413 g/mol. The van der Waals surface area contributed by atoms with E-state index in [-0.39, 0.29) is 12.3 Å². The predicted octanol–water partition coefficient (Wildman–Crippen LogP) is 3.57. The zero-order valence-electron chi connectivity index (χ0n) is 17.5. The quantitative estimate of drug-likeness (QED) is 0.484. The molecule has 2 aromatic rings. The summed E-state index contributed by atoms with van der Waals surface area (Å²) in [6.07, 6.45) is 7.03. The minimum absolute atomic E-state index is 0.0306. The molecule has 0 saturated heterocycles. The number of aliphatic carboxylic acids is 1. The number of carboxylic acids is 1. The number of ether oxygens (including phenoxy) is 1. The van der Waals surface area contributed by atoms with Gasteiger partial charge in [0.05, 0.1) is 19.6 Å². The Morgan fingerprint density at radius 3 is 2.87 bits per heavy atom. The normalized spacial score (nSPS) is 15.0. The number of rotatable bonds is 11. The van der Waals surface area contributed by atoms with E-state index in [4.69, 9.17) is 9.72 Å². The van der Waals surface area contributed by atoms with Gasteiger partial charge in [0.2, 0.25) is 5.88 Å². The molecule has 3 heterocycles. The maximum Gasteiger partial charge on any atom is 0.303 e. The second kappa shape index (κ2) is 10.9. The molecule has 3 rings (SSSR count). The lowest BCUT2D eigenvalue weighted by Crippen LogP contribution is -2.16. The topological polar surface area (TPSA) is 105 Å². The molecule has 0 amide bonds. The summed E-state index contributed by atoms with van der Waals surface area (Å²) in [6.45, 7) is 0.983. The van der Waals surface area contributed by atoms with Crippen molar-refractivity contribution in [1.29, 1.82) is 0 Å². The van der Waals surface area contributed by atoms with Gasteiger partial charge in [0.15, 0.2) is 0 Å². The van der Waals surface area contributed by atoms with Crippen LogP contribution in [0.3, 0.4) is 0 Å². The predicted molar refractivity (Wildman–Crippen MR) is 115 cm³/mol. The molecular weight excluding hydrogens is 382 g/mol. The van der Waals surface area contributed by atoms with E-state index in [0.29, 0.717) is 18.7 Å². The van der Waals surface area contributed by atoms with E-state index in [9.17, 15) is 15.0 Å². The summed E-state index contributed by atoms with van der Waals surface area (Å²) >= 11 is 0. The highest BCUT2D eigenvalue weighted by molar-refractivity contribution is 5.68. The van der Waals surface area contributed by atoms with Crippen molar-refractivity contribution in [2.45, 2.75) is 63.4 Å². The van der Waals surface area contributed by atoms with Gasteiger partial charge < -0.3 is 20.3 Å². The third kappa shape index (κ3) is 6.42. The third-order valence-electron chi connectivity index (χ3n) is 5.59. The molecule has 3 N–H and O–H groups in total. The molecule has 1 unspecified atom stereocenters. The Kier molecular flexibility index (Phi) is 8.02. The Morgan fingerprint density at radius 1 is 1.27 bits per heavy atom. The lowest BCUT2D eigenvalue weighted by atomic mass is 9.89. The maximum absolute atomic E-state index is 11.3. The number of methoxy groups -OCH3 is 1. The Morgan fingerprint density at radius 2 is 2.13 bits per heavy atom. The Hall–Kier alpha value is -2.67.